The van der Waals surface area contributed by atoms with E-state index in [1.54, 1.807) is 0 Å². The normalized spacial score (nSPS) is 18.8. The number of aryl methyl sites for hydroxylation is 1. The standard InChI is InChI=1S/C24H29N3O2/c28-23(9-6-18-4-2-1-3-5-18)27-15-12-22(17-27)26-24(29)21-8-7-19-10-13-25-14-11-20(19)16-21/h1-5,7-8,16,22,25H,6,9-15,17H2,(H,26,29)/t22-/m1/s1. The molecule has 0 aromatic heterocycles. The first-order valence-electron chi connectivity index (χ1n) is 10.6. The zero-order valence-corrected chi connectivity index (χ0v) is 16.8. The fourth-order valence-electron chi connectivity index (χ4n) is 4.24. The minimum absolute atomic E-state index is 0.0312. The molecule has 1 atom stereocenters. The van der Waals surface area contributed by atoms with E-state index in [1.807, 2.05) is 35.2 Å². The molecule has 2 aromatic rings. The van der Waals surface area contributed by atoms with Crippen molar-refractivity contribution >= 4 is 11.8 Å². The van der Waals surface area contributed by atoms with Gasteiger partial charge in [0.05, 0.1) is 0 Å². The summed E-state index contributed by atoms with van der Waals surface area (Å²) in [6.45, 7) is 3.28. The summed E-state index contributed by atoms with van der Waals surface area (Å²) >= 11 is 0. The molecule has 2 aliphatic heterocycles. The van der Waals surface area contributed by atoms with Gasteiger partial charge in [0.2, 0.25) is 5.91 Å². The van der Waals surface area contributed by atoms with Gasteiger partial charge in [-0.3, -0.25) is 9.59 Å². The van der Waals surface area contributed by atoms with E-state index in [2.05, 4.69) is 28.8 Å². The molecule has 4 rings (SSSR count). The summed E-state index contributed by atoms with van der Waals surface area (Å²) in [6.07, 6.45) is 4.07. The Bertz CT molecular complexity index is 866. The summed E-state index contributed by atoms with van der Waals surface area (Å²) in [6, 6.07) is 16.2. The van der Waals surface area contributed by atoms with Gasteiger partial charge >= 0.3 is 0 Å². The number of hydrogen-bond donors (Lipinski definition) is 2. The Morgan fingerprint density at radius 3 is 2.66 bits per heavy atom. The molecule has 0 radical (unpaired) electrons. The summed E-state index contributed by atoms with van der Waals surface area (Å²) in [5.41, 5.74) is 4.51. The first kappa shape index (κ1) is 19.6. The fraction of sp³-hybridized carbons (Fsp3) is 0.417. The van der Waals surface area contributed by atoms with Crippen LogP contribution in [0.25, 0.3) is 0 Å². The lowest BCUT2D eigenvalue weighted by Crippen LogP contribution is -2.38. The highest BCUT2D eigenvalue weighted by Crippen LogP contribution is 2.17. The average molecular weight is 392 g/mol. The molecule has 2 heterocycles. The second-order valence-electron chi connectivity index (χ2n) is 8.02. The van der Waals surface area contributed by atoms with Crippen molar-refractivity contribution in [2.75, 3.05) is 26.2 Å². The van der Waals surface area contributed by atoms with Crippen LogP contribution in [0.2, 0.25) is 0 Å². The van der Waals surface area contributed by atoms with Crippen LogP contribution in [0.5, 0.6) is 0 Å². The molecule has 0 bridgehead atoms. The van der Waals surface area contributed by atoms with E-state index in [-0.39, 0.29) is 17.9 Å². The van der Waals surface area contributed by atoms with Gasteiger partial charge in [-0.15, -0.1) is 0 Å². The van der Waals surface area contributed by atoms with Crippen molar-refractivity contribution in [1.82, 2.24) is 15.5 Å². The number of nitrogens with one attached hydrogen (secondary N) is 2. The third-order valence-corrected chi connectivity index (χ3v) is 5.96. The lowest BCUT2D eigenvalue weighted by Gasteiger charge is -2.17. The first-order chi connectivity index (χ1) is 14.2. The molecule has 0 aliphatic carbocycles. The number of rotatable bonds is 5. The van der Waals surface area contributed by atoms with Gasteiger partial charge in [-0.25, -0.2) is 0 Å². The molecule has 152 valence electrons. The largest absolute Gasteiger partial charge is 0.347 e. The Balaban J connectivity index is 1.29. The lowest BCUT2D eigenvalue weighted by atomic mass is 9.99. The third kappa shape index (κ3) is 5.04. The number of hydrogen-bond acceptors (Lipinski definition) is 3. The number of carbonyl (C=O) groups excluding carboxylic acids is 2. The Kier molecular flexibility index (Phi) is 6.25. The fourth-order valence-corrected chi connectivity index (χ4v) is 4.24. The van der Waals surface area contributed by atoms with Gasteiger partial charge in [-0.1, -0.05) is 36.4 Å². The van der Waals surface area contributed by atoms with E-state index < -0.39 is 0 Å². The molecule has 1 fully saturated rings. The summed E-state index contributed by atoms with van der Waals surface area (Å²) in [5.74, 6) is 0.136. The summed E-state index contributed by atoms with van der Waals surface area (Å²) in [5, 5.41) is 6.53. The minimum Gasteiger partial charge on any atom is -0.347 e. The van der Waals surface area contributed by atoms with Gasteiger partial charge in [-0.05, 0) is 67.6 Å². The van der Waals surface area contributed by atoms with E-state index in [0.717, 1.165) is 44.3 Å². The monoisotopic (exact) mass is 391 g/mol. The van der Waals surface area contributed by atoms with E-state index in [4.69, 9.17) is 0 Å². The van der Waals surface area contributed by atoms with E-state index in [0.29, 0.717) is 19.5 Å². The SMILES string of the molecule is O=C(N[C@@H]1CCN(C(=O)CCc2ccccc2)C1)c1ccc2c(c1)CCNCC2. The van der Waals surface area contributed by atoms with E-state index in [1.165, 1.54) is 16.7 Å². The van der Waals surface area contributed by atoms with Gasteiger partial charge in [0, 0.05) is 31.1 Å². The molecule has 29 heavy (non-hydrogen) atoms. The van der Waals surface area contributed by atoms with Crippen molar-refractivity contribution < 1.29 is 9.59 Å². The molecule has 2 N–H and O–H groups in total. The highest BCUT2D eigenvalue weighted by atomic mass is 16.2. The molecule has 5 heteroatoms. The maximum absolute atomic E-state index is 12.7. The minimum atomic E-state index is -0.0337. The zero-order chi connectivity index (χ0) is 20.1. The maximum atomic E-state index is 12.7. The van der Waals surface area contributed by atoms with Crippen LogP contribution >= 0.6 is 0 Å². The Morgan fingerprint density at radius 1 is 1.03 bits per heavy atom. The smallest absolute Gasteiger partial charge is 0.251 e. The predicted octanol–water partition coefficient (Wildman–Crippen LogP) is 2.34. The van der Waals surface area contributed by atoms with Crippen LogP contribution in [0.3, 0.4) is 0 Å². The summed E-state index contributed by atoms with van der Waals surface area (Å²) in [4.78, 5) is 27.1. The highest BCUT2D eigenvalue weighted by Gasteiger charge is 2.27. The Labute approximate surface area is 172 Å². The van der Waals surface area contributed by atoms with Crippen LogP contribution in [-0.2, 0) is 24.1 Å². The van der Waals surface area contributed by atoms with Crippen molar-refractivity contribution in [2.45, 2.75) is 38.1 Å². The molecular weight excluding hydrogens is 362 g/mol. The quantitative estimate of drug-likeness (QED) is 0.822. The van der Waals surface area contributed by atoms with Gasteiger partial charge in [0.1, 0.15) is 0 Å². The van der Waals surface area contributed by atoms with Crippen LogP contribution in [0.4, 0.5) is 0 Å². The number of carbonyl (C=O) groups is 2. The number of nitrogens with zero attached hydrogens (tertiary/aromatic N) is 1. The van der Waals surface area contributed by atoms with Gasteiger partial charge < -0.3 is 15.5 Å². The third-order valence-electron chi connectivity index (χ3n) is 5.96. The second-order valence-corrected chi connectivity index (χ2v) is 8.02. The van der Waals surface area contributed by atoms with Crippen LogP contribution in [0.1, 0.15) is 39.9 Å². The molecule has 0 saturated carbocycles. The lowest BCUT2D eigenvalue weighted by molar-refractivity contribution is -0.130. The number of amides is 2. The van der Waals surface area contributed by atoms with Crippen molar-refractivity contribution in [3.05, 3.63) is 70.8 Å². The van der Waals surface area contributed by atoms with Gasteiger partial charge in [-0.2, -0.15) is 0 Å². The molecule has 1 saturated heterocycles. The zero-order valence-electron chi connectivity index (χ0n) is 16.8. The highest BCUT2D eigenvalue weighted by molar-refractivity contribution is 5.94. The average Bonchev–Trinajstić information content (AvgIpc) is 3.08. The number of fused-ring (bicyclic) bond motifs is 1. The van der Waals surface area contributed by atoms with Crippen molar-refractivity contribution in [3.63, 3.8) is 0 Å². The predicted molar refractivity (Wildman–Crippen MR) is 114 cm³/mol. The molecule has 0 unspecified atom stereocenters. The number of likely N-dealkylation sites (tertiary alicyclic amines) is 1. The topological polar surface area (TPSA) is 61.4 Å². The molecule has 5 nitrogen and oxygen atoms in total. The van der Waals surface area contributed by atoms with Crippen LogP contribution in [-0.4, -0.2) is 48.9 Å². The summed E-state index contributed by atoms with van der Waals surface area (Å²) in [7, 11) is 0. The Morgan fingerprint density at radius 2 is 1.83 bits per heavy atom. The van der Waals surface area contributed by atoms with Crippen LogP contribution < -0.4 is 10.6 Å². The molecule has 2 aliphatic rings. The summed E-state index contributed by atoms with van der Waals surface area (Å²) < 4.78 is 0. The van der Waals surface area contributed by atoms with E-state index in [9.17, 15) is 9.59 Å². The molecule has 0 spiro atoms. The molecule has 2 aromatic carbocycles. The van der Waals surface area contributed by atoms with E-state index >= 15 is 0 Å². The maximum Gasteiger partial charge on any atom is 0.251 e. The van der Waals surface area contributed by atoms with Gasteiger partial charge in [0.15, 0.2) is 0 Å². The first-order valence-corrected chi connectivity index (χ1v) is 10.6. The van der Waals surface area contributed by atoms with Crippen molar-refractivity contribution in [1.29, 1.82) is 0 Å². The molecular formula is C24H29N3O2. The second kappa shape index (κ2) is 9.23. The van der Waals surface area contributed by atoms with Crippen LogP contribution in [0, 0.1) is 0 Å². The Hall–Kier alpha value is -2.66. The van der Waals surface area contributed by atoms with Crippen molar-refractivity contribution in [2.24, 2.45) is 0 Å². The van der Waals surface area contributed by atoms with Crippen molar-refractivity contribution in [3.8, 4) is 0 Å². The van der Waals surface area contributed by atoms with Gasteiger partial charge in [0.25, 0.3) is 5.91 Å². The molecule has 2 amide bonds. The number of benzene rings is 2. The van der Waals surface area contributed by atoms with Crippen LogP contribution in [0.15, 0.2) is 48.5 Å².